The first-order chi connectivity index (χ1) is 10.2. The molecule has 0 spiro atoms. The Morgan fingerprint density at radius 3 is 2.81 bits per heavy atom. The van der Waals surface area contributed by atoms with Crippen molar-refractivity contribution in [2.75, 3.05) is 20.2 Å². The lowest BCUT2D eigenvalue weighted by Gasteiger charge is -2.29. The van der Waals surface area contributed by atoms with Crippen molar-refractivity contribution in [2.24, 2.45) is 5.92 Å². The molecule has 1 amide bonds. The summed E-state index contributed by atoms with van der Waals surface area (Å²) in [7, 11) is 1.66. The van der Waals surface area contributed by atoms with E-state index in [1.54, 1.807) is 7.11 Å². The van der Waals surface area contributed by atoms with Crippen LogP contribution in [-0.2, 0) is 11.2 Å². The van der Waals surface area contributed by atoms with E-state index in [4.69, 9.17) is 4.74 Å². The van der Waals surface area contributed by atoms with Gasteiger partial charge in [0.25, 0.3) is 0 Å². The molecule has 1 saturated heterocycles. The fourth-order valence-electron chi connectivity index (χ4n) is 2.80. The molecule has 2 rings (SSSR count). The number of hydrogen-bond donors (Lipinski definition) is 2. The van der Waals surface area contributed by atoms with E-state index in [9.17, 15) is 4.79 Å². The molecule has 2 atom stereocenters. The van der Waals surface area contributed by atoms with Crippen LogP contribution in [0.4, 0.5) is 0 Å². The molecule has 1 aromatic rings. The second-order valence-corrected chi connectivity index (χ2v) is 5.81. The Bertz CT molecular complexity index is 439. The highest BCUT2D eigenvalue weighted by atomic mass is 16.5. The average molecular weight is 290 g/mol. The molecule has 1 aromatic carbocycles. The first-order valence-electron chi connectivity index (χ1n) is 7.82. The van der Waals surface area contributed by atoms with Crippen LogP contribution >= 0.6 is 0 Å². The Kier molecular flexibility index (Phi) is 6.05. The Morgan fingerprint density at radius 1 is 1.43 bits per heavy atom. The normalized spacial score (nSPS) is 19.8. The third-order valence-corrected chi connectivity index (χ3v) is 4.23. The maximum atomic E-state index is 12.0. The van der Waals surface area contributed by atoms with E-state index in [1.807, 2.05) is 24.3 Å². The molecule has 0 aliphatic carbocycles. The van der Waals surface area contributed by atoms with Crippen molar-refractivity contribution in [3.05, 3.63) is 29.8 Å². The highest BCUT2D eigenvalue weighted by molar-refractivity contribution is 5.76. The van der Waals surface area contributed by atoms with Crippen LogP contribution in [0, 0.1) is 5.92 Å². The second kappa shape index (κ2) is 8.03. The van der Waals surface area contributed by atoms with E-state index in [1.165, 1.54) is 12.8 Å². The van der Waals surface area contributed by atoms with Crippen LogP contribution in [0.25, 0.3) is 0 Å². The number of nitrogens with one attached hydrogen (secondary N) is 2. The smallest absolute Gasteiger partial charge is 0.220 e. The fraction of sp³-hybridized carbons (Fsp3) is 0.588. The Morgan fingerprint density at radius 2 is 2.19 bits per heavy atom. The van der Waals surface area contributed by atoms with E-state index in [0.717, 1.165) is 30.8 Å². The Labute approximate surface area is 127 Å². The van der Waals surface area contributed by atoms with E-state index in [-0.39, 0.29) is 11.9 Å². The van der Waals surface area contributed by atoms with Gasteiger partial charge in [0.15, 0.2) is 0 Å². The molecular formula is C17H26N2O2. The highest BCUT2D eigenvalue weighted by Gasteiger charge is 2.20. The van der Waals surface area contributed by atoms with Gasteiger partial charge in [0.1, 0.15) is 5.75 Å². The van der Waals surface area contributed by atoms with E-state index >= 15 is 0 Å². The van der Waals surface area contributed by atoms with Crippen molar-refractivity contribution >= 4 is 5.91 Å². The maximum Gasteiger partial charge on any atom is 0.220 e. The lowest BCUT2D eigenvalue weighted by Crippen LogP contribution is -2.44. The summed E-state index contributed by atoms with van der Waals surface area (Å²) in [6.07, 6.45) is 3.71. The number of carbonyl (C=O) groups excluding carboxylic acids is 1. The molecule has 2 unspecified atom stereocenters. The standard InChI is InChI=1S/C17H26N2O2/c1-13(15-4-3-11-18-12-15)19-17(20)10-7-14-5-8-16(21-2)9-6-14/h5-6,8-9,13,15,18H,3-4,7,10-12H2,1-2H3,(H,19,20). The molecule has 0 aromatic heterocycles. The molecule has 1 aliphatic heterocycles. The predicted molar refractivity (Wildman–Crippen MR) is 84.5 cm³/mol. The summed E-state index contributed by atoms with van der Waals surface area (Å²) in [4.78, 5) is 12.0. The molecule has 1 fully saturated rings. The number of benzene rings is 1. The fourth-order valence-corrected chi connectivity index (χ4v) is 2.80. The van der Waals surface area contributed by atoms with Gasteiger partial charge in [0.05, 0.1) is 7.11 Å². The number of methoxy groups -OCH3 is 1. The molecule has 0 saturated carbocycles. The molecule has 21 heavy (non-hydrogen) atoms. The van der Waals surface area contributed by atoms with E-state index < -0.39 is 0 Å². The van der Waals surface area contributed by atoms with E-state index in [2.05, 4.69) is 17.6 Å². The molecule has 116 valence electrons. The average Bonchev–Trinajstić information content (AvgIpc) is 2.54. The topological polar surface area (TPSA) is 50.4 Å². The van der Waals surface area contributed by atoms with Gasteiger partial charge in [-0.05, 0) is 62.9 Å². The summed E-state index contributed by atoms with van der Waals surface area (Å²) in [5.41, 5.74) is 1.16. The first kappa shape index (κ1) is 15.8. The molecule has 0 radical (unpaired) electrons. The number of rotatable bonds is 6. The monoisotopic (exact) mass is 290 g/mol. The van der Waals surface area contributed by atoms with Crippen molar-refractivity contribution < 1.29 is 9.53 Å². The van der Waals surface area contributed by atoms with E-state index in [0.29, 0.717) is 12.3 Å². The van der Waals surface area contributed by atoms with Gasteiger partial charge in [-0.2, -0.15) is 0 Å². The second-order valence-electron chi connectivity index (χ2n) is 5.81. The molecule has 1 heterocycles. The third kappa shape index (κ3) is 5.05. The zero-order valence-electron chi connectivity index (χ0n) is 13.0. The predicted octanol–water partition coefficient (Wildman–Crippen LogP) is 2.13. The van der Waals surface area contributed by atoms with Crippen molar-refractivity contribution in [3.63, 3.8) is 0 Å². The van der Waals surface area contributed by atoms with Crippen molar-refractivity contribution in [2.45, 2.75) is 38.6 Å². The van der Waals surface area contributed by atoms with Crippen LogP contribution in [0.15, 0.2) is 24.3 Å². The number of hydrogen-bond acceptors (Lipinski definition) is 3. The van der Waals surface area contributed by atoms with Crippen LogP contribution < -0.4 is 15.4 Å². The zero-order chi connectivity index (χ0) is 15.1. The van der Waals surface area contributed by atoms with Gasteiger partial charge in [-0.1, -0.05) is 12.1 Å². The quantitative estimate of drug-likeness (QED) is 0.844. The first-order valence-corrected chi connectivity index (χ1v) is 7.82. The molecule has 4 heteroatoms. The largest absolute Gasteiger partial charge is 0.497 e. The van der Waals surface area contributed by atoms with Gasteiger partial charge in [0.2, 0.25) is 5.91 Å². The summed E-state index contributed by atoms with van der Waals surface area (Å²) in [5.74, 6) is 1.55. The van der Waals surface area contributed by atoms with Crippen LogP contribution in [0.5, 0.6) is 5.75 Å². The van der Waals surface area contributed by atoms with Gasteiger partial charge >= 0.3 is 0 Å². The van der Waals surface area contributed by atoms with Crippen LogP contribution in [0.3, 0.4) is 0 Å². The molecule has 0 bridgehead atoms. The Hall–Kier alpha value is -1.55. The number of piperidine rings is 1. The maximum absolute atomic E-state index is 12.0. The molecular weight excluding hydrogens is 264 g/mol. The number of carbonyl (C=O) groups is 1. The van der Waals surface area contributed by atoms with Gasteiger partial charge in [-0.15, -0.1) is 0 Å². The minimum Gasteiger partial charge on any atom is -0.497 e. The van der Waals surface area contributed by atoms with Crippen LogP contribution in [-0.4, -0.2) is 32.1 Å². The summed E-state index contributed by atoms with van der Waals surface area (Å²) in [6, 6.07) is 8.15. The van der Waals surface area contributed by atoms with Gasteiger partial charge in [-0.25, -0.2) is 0 Å². The number of amides is 1. The van der Waals surface area contributed by atoms with Crippen molar-refractivity contribution in [1.29, 1.82) is 0 Å². The highest BCUT2D eigenvalue weighted by Crippen LogP contribution is 2.15. The molecule has 2 N–H and O–H groups in total. The lowest BCUT2D eigenvalue weighted by atomic mass is 9.92. The number of ether oxygens (including phenoxy) is 1. The summed E-state index contributed by atoms with van der Waals surface area (Å²) in [6.45, 7) is 4.23. The van der Waals surface area contributed by atoms with Crippen LogP contribution in [0.2, 0.25) is 0 Å². The van der Waals surface area contributed by atoms with Gasteiger partial charge in [0, 0.05) is 12.5 Å². The zero-order valence-corrected chi connectivity index (χ0v) is 13.0. The SMILES string of the molecule is COc1ccc(CCC(=O)NC(C)C2CCCNC2)cc1. The lowest BCUT2D eigenvalue weighted by molar-refractivity contribution is -0.122. The summed E-state index contributed by atoms with van der Waals surface area (Å²) >= 11 is 0. The third-order valence-electron chi connectivity index (χ3n) is 4.23. The minimum atomic E-state index is 0.142. The van der Waals surface area contributed by atoms with Gasteiger partial charge < -0.3 is 15.4 Å². The van der Waals surface area contributed by atoms with Crippen LogP contribution in [0.1, 0.15) is 31.7 Å². The molecule has 1 aliphatic rings. The van der Waals surface area contributed by atoms with Crippen molar-refractivity contribution in [3.8, 4) is 5.75 Å². The van der Waals surface area contributed by atoms with Gasteiger partial charge in [-0.3, -0.25) is 4.79 Å². The van der Waals surface area contributed by atoms with Crippen molar-refractivity contribution in [1.82, 2.24) is 10.6 Å². The Balaban J connectivity index is 1.73. The summed E-state index contributed by atoms with van der Waals surface area (Å²) in [5, 5.41) is 6.53. The number of aryl methyl sites for hydroxylation is 1. The summed E-state index contributed by atoms with van der Waals surface area (Å²) < 4.78 is 5.13. The molecule has 4 nitrogen and oxygen atoms in total. The minimum absolute atomic E-state index is 0.142.